The number of nitrogens with zero attached hydrogens (tertiary/aromatic N) is 3. The lowest BCUT2D eigenvalue weighted by molar-refractivity contribution is -0.113. The molecule has 0 aliphatic carbocycles. The van der Waals surface area contributed by atoms with Gasteiger partial charge in [0.05, 0.1) is 32.7 Å². The molecule has 3 heterocycles. The lowest BCUT2D eigenvalue weighted by Gasteiger charge is -2.26. The first kappa shape index (κ1) is 22.8. The molecule has 0 spiro atoms. The summed E-state index contributed by atoms with van der Waals surface area (Å²) in [6.45, 7) is 3.40. The molecular formula is C22H16ClFN4O3S2. The summed E-state index contributed by atoms with van der Waals surface area (Å²) in [5.74, 6) is -1.37. The average Bonchev–Trinajstić information content (AvgIpc) is 3.28. The molecule has 1 aliphatic rings. The Morgan fingerprint density at radius 2 is 2.00 bits per heavy atom. The summed E-state index contributed by atoms with van der Waals surface area (Å²) >= 11 is 7.08. The van der Waals surface area contributed by atoms with Crippen LogP contribution >= 0.6 is 22.9 Å². The number of allylic oxidation sites excluding steroid dienone is 1. The SMILES string of the molecule is C=CCN1C(C(=O)Nc2ccc(F)c(Cl)c2)=CC(c2ccc(-c3ccccn3)s2)=NS1(=O)=O. The minimum Gasteiger partial charge on any atom is -0.321 e. The van der Waals surface area contributed by atoms with Crippen LogP contribution in [0, 0.1) is 5.82 Å². The second kappa shape index (κ2) is 9.26. The van der Waals surface area contributed by atoms with Gasteiger partial charge >= 0.3 is 10.2 Å². The van der Waals surface area contributed by atoms with Crippen LogP contribution in [0.5, 0.6) is 0 Å². The number of pyridine rings is 1. The standard InChI is InChI=1S/C22H16ClFN4O3S2/c1-2-11-28-19(22(29)26-14-6-7-16(24)15(23)12-14)13-18(27-33(28,30)31)21-9-8-20(32-21)17-5-3-4-10-25-17/h2-10,12-13H,1,11H2,(H,26,29). The molecule has 1 N–H and O–H groups in total. The lowest BCUT2D eigenvalue weighted by Crippen LogP contribution is -2.38. The number of aromatic nitrogens is 1. The minimum absolute atomic E-state index is 0.116. The van der Waals surface area contributed by atoms with E-state index in [1.807, 2.05) is 18.2 Å². The molecule has 0 radical (unpaired) electrons. The Bertz CT molecular complexity index is 1400. The molecule has 0 atom stereocenters. The summed E-state index contributed by atoms with van der Waals surface area (Å²) in [6, 6.07) is 12.7. The Morgan fingerprint density at radius 3 is 2.70 bits per heavy atom. The first-order valence-electron chi connectivity index (χ1n) is 9.52. The first-order valence-corrected chi connectivity index (χ1v) is 12.1. The van der Waals surface area contributed by atoms with Crippen LogP contribution in [-0.4, -0.2) is 35.9 Å². The van der Waals surface area contributed by atoms with Crippen molar-refractivity contribution in [1.82, 2.24) is 9.29 Å². The van der Waals surface area contributed by atoms with Gasteiger partial charge in [0.25, 0.3) is 5.91 Å². The van der Waals surface area contributed by atoms with Crippen LogP contribution in [0.25, 0.3) is 10.6 Å². The monoisotopic (exact) mass is 502 g/mol. The molecule has 7 nitrogen and oxygen atoms in total. The quantitative estimate of drug-likeness (QED) is 0.496. The topological polar surface area (TPSA) is 91.7 Å². The maximum absolute atomic E-state index is 13.4. The number of nitrogens with one attached hydrogen (secondary N) is 1. The fraction of sp³-hybridized carbons (Fsp3) is 0.0455. The number of benzene rings is 1. The van der Waals surface area contributed by atoms with Gasteiger partial charge < -0.3 is 5.32 Å². The molecule has 0 saturated heterocycles. The van der Waals surface area contributed by atoms with Crippen molar-refractivity contribution >= 4 is 50.5 Å². The third kappa shape index (κ3) is 4.87. The second-order valence-corrected chi connectivity index (χ2v) is 9.78. The number of hydrogen-bond donors (Lipinski definition) is 1. The Labute approximate surface area is 198 Å². The third-order valence-electron chi connectivity index (χ3n) is 4.52. The van der Waals surface area contributed by atoms with Gasteiger partial charge in [-0.25, -0.2) is 8.70 Å². The highest BCUT2D eigenvalue weighted by atomic mass is 35.5. The average molecular weight is 503 g/mol. The summed E-state index contributed by atoms with van der Waals surface area (Å²) < 4.78 is 44.0. The lowest BCUT2D eigenvalue weighted by atomic mass is 10.2. The fourth-order valence-corrected chi connectivity index (χ4v) is 5.38. The van der Waals surface area contributed by atoms with Crippen LogP contribution in [0.15, 0.2) is 83.6 Å². The van der Waals surface area contributed by atoms with Crippen molar-refractivity contribution in [2.45, 2.75) is 0 Å². The van der Waals surface area contributed by atoms with E-state index in [0.717, 1.165) is 20.9 Å². The maximum atomic E-state index is 13.4. The van der Waals surface area contributed by atoms with Crippen LogP contribution in [0.4, 0.5) is 10.1 Å². The molecule has 1 amide bonds. The van der Waals surface area contributed by atoms with Gasteiger partial charge in [-0.15, -0.1) is 22.3 Å². The molecule has 168 valence electrons. The van der Waals surface area contributed by atoms with Gasteiger partial charge in [0.15, 0.2) is 0 Å². The Kier molecular flexibility index (Phi) is 6.41. The van der Waals surface area contributed by atoms with Crippen molar-refractivity contribution in [3.05, 3.63) is 94.9 Å². The van der Waals surface area contributed by atoms with Crippen molar-refractivity contribution in [3.8, 4) is 10.6 Å². The van der Waals surface area contributed by atoms with E-state index < -0.39 is 21.9 Å². The Morgan fingerprint density at radius 1 is 1.21 bits per heavy atom. The van der Waals surface area contributed by atoms with E-state index in [1.54, 1.807) is 18.3 Å². The number of rotatable bonds is 6. The van der Waals surface area contributed by atoms with Crippen molar-refractivity contribution in [3.63, 3.8) is 0 Å². The van der Waals surface area contributed by atoms with Crippen molar-refractivity contribution in [2.24, 2.45) is 4.40 Å². The van der Waals surface area contributed by atoms with Crippen molar-refractivity contribution in [2.75, 3.05) is 11.9 Å². The molecule has 0 fully saturated rings. The first-order chi connectivity index (χ1) is 15.8. The van der Waals surface area contributed by atoms with E-state index >= 15 is 0 Å². The van der Waals surface area contributed by atoms with Gasteiger partial charge in [0.2, 0.25) is 0 Å². The molecular weight excluding hydrogens is 487 g/mol. The molecule has 1 aromatic carbocycles. The fourth-order valence-electron chi connectivity index (χ4n) is 3.02. The number of carbonyl (C=O) groups excluding carboxylic acids is 1. The molecule has 33 heavy (non-hydrogen) atoms. The number of carbonyl (C=O) groups is 1. The van der Waals surface area contributed by atoms with E-state index in [9.17, 15) is 17.6 Å². The van der Waals surface area contributed by atoms with Gasteiger partial charge in [0.1, 0.15) is 11.5 Å². The summed E-state index contributed by atoms with van der Waals surface area (Å²) in [6.07, 6.45) is 4.39. The molecule has 0 saturated carbocycles. The number of hydrogen-bond acceptors (Lipinski definition) is 5. The predicted molar refractivity (Wildman–Crippen MR) is 128 cm³/mol. The normalized spacial score (nSPS) is 14.9. The van der Waals surface area contributed by atoms with Crippen molar-refractivity contribution in [1.29, 1.82) is 0 Å². The molecule has 11 heteroatoms. The van der Waals surface area contributed by atoms with E-state index in [-0.39, 0.29) is 28.7 Å². The zero-order valence-electron chi connectivity index (χ0n) is 16.9. The number of thiophene rings is 1. The summed E-state index contributed by atoms with van der Waals surface area (Å²) in [7, 11) is -4.21. The van der Waals surface area contributed by atoms with E-state index in [1.165, 1.54) is 35.6 Å². The zero-order chi connectivity index (χ0) is 23.6. The van der Waals surface area contributed by atoms with Gasteiger partial charge in [-0.05, 0) is 48.5 Å². The predicted octanol–water partition coefficient (Wildman–Crippen LogP) is 4.66. The zero-order valence-corrected chi connectivity index (χ0v) is 19.3. The Balaban J connectivity index is 1.71. The van der Waals surface area contributed by atoms with Crippen molar-refractivity contribution < 1.29 is 17.6 Å². The highest BCUT2D eigenvalue weighted by molar-refractivity contribution is 7.88. The summed E-state index contributed by atoms with van der Waals surface area (Å²) in [4.78, 5) is 18.7. The smallest absolute Gasteiger partial charge is 0.321 e. The molecule has 4 rings (SSSR count). The van der Waals surface area contributed by atoms with E-state index in [0.29, 0.717) is 4.88 Å². The highest BCUT2D eigenvalue weighted by Crippen LogP contribution is 2.30. The van der Waals surface area contributed by atoms with Crippen LogP contribution < -0.4 is 5.32 Å². The van der Waals surface area contributed by atoms with E-state index in [2.05, 4.69) is 21.3 Å². The second-order valence-electron chi connectivity index (χ2n) is 6.77. The van der Waals surface area contributed by atoms with Crippen LogP contribution in [0.1, 0.15) is 4.88 Å². The largest absolute Gasteiger partial charge is 0.345 e. The molecule has 0 unspecified atom stereocenters. The van der Waals surface area contributed by atoms with Crippen LogP contribution in [-0.2, 0) is 15.0 Å². The molecule has 0 bridgehead atoms. The highest BCUT2D eigenvalue weighted by Gasteiger charge is 2.32. The Hall–Kier alpha value is -3.34. The number of anilines is 1. The van der Waals surface area contributed by atoms with Crippen LogP contribution in [0.3, 0.4) is 0 Å². The van der Waals surface area contributed by atoms with Gasteiger partial charge in [-0.3, -0.25) is 9.78 Å². The molecule has 1 aliphatic heterocycles. The minimum atomic E-state index is -4.21. The number of halogens is 2. The van der Waals surface area contributed by atoms with Crippen LogP contribution in [0.2, 0.25) is 5.02 Å². The van der Waals surface area contributed by atoms with E-state index in [4.69, 9.17) is 11.6 Å². The summed E-state index contributed by atoms with van der Waals surface area (Å²) in [5.41, 5.74) is 0.898. The van der Waals surface area contributed by atoms with Gasteiger partial charge in [-0.1, -0.05) is 23.7 Å². The molecule has 3 aromatic rings. The maximum Gasteiger partial charge on any atom is 0.345 e. The van der Waals surface area contributed by atoms with Gasteiger partial charge in [0, 0.05) is 11.9 Å². The number of amides is 1. The van der Waals surface area contributed by atoms with Gasteiger partial charge in [-0.2, -0.15) is 8.42 Å². The molecule has 2 aromatic heterocycles. The third-order valence-corrected chi connectivity index (χ3v) is 7.27. The summed E-state index contributed by atoms with van der Waals surface area (Å²) in [5, 5.41) is 2.37.